The monoisotopic (exact) mass is 914 g/mol. The number of hydrogen-bond acceptors (Lipinski definition) is 3. The molecule has 53 heavy (non-hydrogen) atoms. The second-order valence-electron chi connectivity index (χ2n) is 14.8. The van der Waals surface area contributed by atoms with Crippen LogP contribution in [0.25, 0.3) is 59.5 Å². The number of aryl methyl sites for hydroxylation is 2. The first-order valence-corrected chi connectivity index (χ1v) is 21.9. The summed E-state index contributed by atoms with van der Waals surface area (Å²) >= 11 is 1.37. The standard InChI is InChI=1S/C27H17F2N2S.C18H24NSi.Ir/c1-15-6-5-7-16(2)25(15)31-22-9-4-3-8-21(22)30-27(31)19-12-13-20(29)24-18-11-10-17(28)14-23(18)32-26(19)24;1-14(2)11-16-12-17(15-9-7-6-8-10-15)19-13-18(16)20(3,4)5;/h3-11,13-14H,1-2H3;6-9,12-14H,11H2,1-5H3;/q2*-1;. The molecule has 3 nitrogen and oxygen atoms in total. The molecule has 0 aliphatic rings. The van der Waals surface area contributed by atoms with E-state index in [1.54, 1.807) is 6.07 Å². The van der Waals surface area contributed by atoms with Gasteiger partial charge in [-0.25, -0.2) is 4.39 Å². The zero-order chi connectivity index (χ0) is 36.7. The summed E-state index contributed by atoms with van der Waals surface area (Å²) in [6, 6.07) is 36.7. The fraction of sp³-hybridized carbons (Fsp3) is 0.200. The molecule has 0 spiro atoms. The van der Waals surface area contributed by atoms with Crippen molar-refractivity contribution in [1.29, 1.82) is 0 Å². The van der Waals surface area contributed by atoms with E-state index in [1.807, 2.05) is 48.5 Å². The average Bonchev–Trinajstić information content (AvgIpc) is 3.67. The molecule has 0 saturated carbocycles. The molecule has 0 fully saturated rings. The molecule has 5 aromatic carbocycles. The fourth-order valence-corrected chi connectivity index (χ4v) is 9.81. The summed E-state index contributed by atoms with van der Waals surface area (Å²) in [5.74, 6) is 0.662. The Labute approximate surface area is 329 Å². The van der Waals surface area contributed by atoms with Crippen molar-refractivity contribution in [2.75, 3.05) is 0 Å². The first-order valence-electron chi connectivity index (χ1n) is 17.6. The van der Waals surface area contributed by atoms with Crippen molar-refractivity contribution < 1.29 is 28.9 Å². The molecule has 271 valence electrons. The minimum absolute atomic E-state index is 0. The van der Waals surface area contributed by atoms with Gasteiger partial charge in [0.2, 0.25) is 0 Å². The van der Waals surface area contributed by atoms with Gasteiger partial charge in [0.25, 0.3) is 0 Å². The number of rotatable bonds is 6. The number of pyridine rings is 1. The number of nitrogens with zero attached hydrogens (tertiary/aromatic N) is 3. The van der Waals surface area contributed by atoms with E-state index in [1.165, 1.54) is 40.3 Å². The molecular weight excluding hydrogens is 873 g/mol. The maximum atomic E-state index is 15.0. The van der Waals surface area contributed by atoms with E-state index in [4.69, 9.17) is 4.98 Å². The van der Waals surface area contributed by atoms with Crippen LogP contribution in [-0.2, 0) is 26.5 Å². The van der Waals surface area contributed by atoms with E-state index in [0.29, 0.717) is 37.5 Å². The molecule has 8 rings (SSSR count). The molecule has 8 heteroatoms. The number of halogens is 2. The van der Waals surface area contributed by atoms with E-state index in [9.17, 15) is 8.78 Å². The van der Waals surface area contributed by atoms with Gasteiger partial charge in [-0.1, -0.05) is 87.1 Å². The van der Waals surface area contributed by atoms with Gasteiger partial charge in [-0.3, -0.25) is 9.37 Å². The summed E-state index contributed by atoms with van der Waals surface area (Å²) < 4.78 is 32.4. The Balaban J connectivity index is 0.000000199. The Morgan fingerprint density at radius 2 is 1.60 bits per heavy atom. The normalized spacial score (nSPS) is 11.6. The van der Waals surface area contributed by atoms with Crippen molar-refractivity contribution in [3.8, 4) is 28.3 Å². The van der Waals surface area contributed by atoms with Crippen LogP contribution in [0.4, 0.5) is 8.78 Å². The Kier molecular flexibility index (Phi) is 11.3. The van der Waals surface area contributed by atoms with Crippen LogP contribution in [0.3, 0.4) is 0 Å². The predicted octanol–water partition coefficient (Wildman–Crippen LogP) is 12.0. The van der Waals surface area contributed by atoms with Gasteiger partial charge in [-0.15, -0.1) is 48.0 Å². The molecule has 0 amide bonds. The minimum Gasteiger partial charge on any atom is -0.333 e. The van der Waals surface area contributed by atoms with Gasteiger partial charge in [0.15, 0.2) is 0 Å². The summed E-state index contributed by atoms with van der Waals surface area (Å²) in [4.78, 5) is 9.64. The summed E-state index contributed by atoms with van der Waals surface area (Å²) in [6.07, 6.45) is 3.24. The van der Waals surface area contributed by atoms with Gasteiger partial charge in [0.1, 0.15) is 5.82 Å². The van der Waals surface area contributed by atoms with Crippen LogP contribution in [-0.4, -0.2) is 22.6 Å². The van der Waals surface area contributed by atoms with E-state index in [2.05, 4.69) is 99.5 Å². The number of imidazole rings is 1. The zero-order valence-corrected chi connectivity index (χ0v) is 35.2. The second-order valence-corrected chi connectivity index (χ2v) is 20.9. The Hall–Kier alpha value is -4.33. The van der Waals surface area contributed by atoms with Crippen LogP contribution in [0.15, 0.2) is 103 Å². The molecule has 0 unspecified atom stereocenters. The van der Waals surface area contributed by atoms with E-state index in [-0.39, 0.29) is 31.7 Å². The van der Waals surface area contributed by atoms with E-state index < -0.39 is 8.07 Å². The Bertz CT molecular complexity index is 2550. The van der Waals surface area contributed by atoms with Crippen molar-refractivity contribution in [3.05, 3.63) is 144 Å². The molecule has 0 N–H and O–H groups in total. The predicted molar refractivity (Wildman–Crippen MR) is 218 cm³/mol. The van der Waals surface area contributed by atoms with Gasteiger partial charge >= 0.3 is 0 Å². The third-order valence-corrected chi connectivity index (χ3v) is 12.6. The maximum absolute atomic E-state index is 15.0. The third kappa shape index (κ3) is 7.69. The first-order chi connectivity index (χ1) is 24.9. The Morgan fingerprint density at radius 3 is 2.30 bits per heavy atom. The van der Waals surface area contributed by atoms with Crippen molar-refractivity contribution in [2.24, 2.45) is 5.92 Å². The molecule has 8 aromatic rings. The molecule has 0 atom stereocenters. The smallest absolute Gasteiger partial charge is 0.124 e. The summed E-state index contributed by atoms with van der Waals surface area (Å²) in [5, 5.41) is 2.68. The van der Waals surface area contributed by atoms with Gasteiger partial charge in [-0.2, -0.15) is 11.3 Å². The SMILES string of the molecule is CC(C)Cc1cc(-c2[c-]cccc2)ncc1[Si](C)(C)C.Cc1cccc(C)c1-n1c(-c2[c-]cc(F)c3c2sc2cc(F)ccc23)nc2ccccc21.[Ir]. The maximum Gasteiger partial charge on any atom is 0.124 e. The molecule has 0 aliphatic heterocycles. The average molecular weight is 914 g/mol. The van der Waals surface area contributed by atoms with E-state index >= 15 is 0 Å². The number of thiophene rings is 1. The van der Waals surface area contributed by atoms with Gasteiger partial charge in [-0.05, 0) is 87.9 Å². The van der Waals surface area contributed by atoms with Crippen LogP contribution in [0.1, 0.15) is 30.5 Å². The van der Waals surface area contributed by atoms with Crippen molar-refractivity contribution in [1.82, 2.24) is 14.5 Å². The summed E-state index contributed by atoms with van der Waals surface area (Å²) in [6.45, 7) is 15.9. The Morgan fingerprint density at radius 1 is 0.868 bits per heavy atom. The zero-order valence-electron chi connectivity index (χ0n) is 30.9. The number of fused-ring (bicyclic) bond motifs is 4. The largest absolute Gasteiger partial charge is 0.333 e. The van der Waals surface area contributed by atoms with Crippen LogP contribution in [0.5, 0.6) is 0 Å². The fourth-order valence-electron chi connectivity index (χ4n) is 6.98. The first kappa shape index (κ1) is 38.4. The number of hydrogen-bond donors (Lipinski definition) is 0. The quantitative estimate of drug-likeness (QED) is 0.123. The summed E-state index contributed by atoms with van der Waals surface area (Å²) in [5.41, 5.74) is 9.42. The molecule has 3 aromatic heterocycles. The molecule has 3 heterocycles. The number of aromatic nitrogens is 3. The van der Waals surface area contributed by atoms with Gasteiger partial charge in [0.05, 0.1) is 24.9 Å². The molecule has 0 bridgehead atoms. The minimum atomic E-state index is -1.34. The summed E-state index contributed by atoms with van der Waals surface area (Å²) in [7, 11) is -1.34. The molecule has 1 radical (unpaired) electrons. The van der Waals surface area contributed by atoms with Crippen LogP contribution < -0.4 is 5.19 Å². The molecule has 0 aliphatic carbocycles. The van der Waals surface area contributed by atoms with Crippen molar-refractivity contribution in [3.63, 3.8) is 0 Å². The van der Waals surface area contributed by atoms with Crippen LogP contribution in [0, 0.1) is 43.5 Å². The molecule has 0 saturated heterocycles. The topological polar surface area (TPSA) is 30.7 Å². The van der Waals surface area contributed by atoms with Crippen molar-refractivity contribution in [2.45, 2.75) is 53.8 Å². The van der Waals surface area contributed by atoms with Gasteiger partial charge < -0.3 is 9.55 Å². The van der Waals surface area contributed by atoms with Crippen molar-refractivity contribution >= 4 is 55.8 Å². The number of benzene rings is 5. The van der Waals surface area contributed by atoms with E-state index in [0.717, 1.165) is 45.5 Å². The van der Waals surface area contributed by atoms with Crippen LogP contribution >= 0.6 is 11.3 Å². The van der Waals surface area contributed by atoms with Crippen LogP contribution in [0.2, 0.25) is 19.6 Å². The number of para-hydroxylation sites is 3. The van der Waals surface area contributed by atoms with Gasteiger partial charge in [0, 0.05) is 42.5 Å². The third-order valence-electron chi connectivity index (χ3n) is 9.32. The molecular formula is C45H41F2IrN3SSi-2. The second kappa shape index (κ2) is 15.6.